The summed E-state index contributed by atoms with van der Waals surface area (Å²) in [6, 6.07) is 3.68. The Hall–Kier alpha value is -0.440. The van der Waals surface area contributed by atoms with Crippen LogP contribution >= 0.6 is 34.5 Å². The zero-order chi connectivity index (χ0) is 9.42. The first-order valence-electron chi connectivity index (χ1n) is 3.62. The topological polar surface area (TPSA) is 9.23 Å². The van der Waals surface area contributed by atoms with Crippen molar-refractivity contribution in [1.29, 1.82) is 0 Å². The predicted octanol–water partition coefficient (Wildman–Crippen LogP) is 4.22. The van der Waals surface area contributed by atoms with E-state index in [1.807, 2.05) is 11.4 Å². The molecule has 68 valence electrons. The van der Waals surface area contributed by atoms with Crippen LogP contribution in [0.15, 0.2) is 17.5 Å². The van der Waals surface area contributed by atoms with Crippen LogP contribution in [0.4, 0.5) is 0 Å². The molecule has 0 bridgehead atoms. The third-order valence-corrected chi connectivity index (χ3v) is 3.67. The zero-order valence-corrected chi connectivity index (χ0v) is 9.13. The molecule has 0 atom stereocenters. The lowest BCUT2D eigenvalue weighted by Gasteiger charge is -2.01. The molecule has 2 aromatic rings. The van der Waals surface area contributed by atoms with Gasteiger partial charge in [0.2, 0.25) is 0 Å². The first kappa shape index (κ1) is 9.13. The highest BCUT2D eigenvalue weighted by Crippen LogP contribution is 2.37. The quantitative estimate of drug-likeness (QED) is 0.716. The second-order valence-electron chi connectivity index (χ2n) is 2.57. The average Bonchev–Trinajstić information content (AvgIpc) is 2.48. The normalized spacial score (nSPS) is 10.7. The number of fused-ring (bicyclic) bond motifs is 1. The summed E-state index contributed by atoms with van der Waals surface area (Å²) in [5.74, 6) is 0.734. The molecule has 0 aliphatic heterocycles. The summed E-state index contributed by atoms with van der Waals surface area (Å²) in [7, 11) is 1.61. The van der Waals surface area contributed by atoms with Gasteiger partial charge in [-0.3, -0.25) is 0 Å². The molecule has 0 saturated carbocycles. The standard InChI is InChI=1S/C9H6Cl2OS/c1-12-5-2-6-8(11)4-13-9(6)7(10)3-5/h2-4H,1H3. The molecule has 1 heterocycles. The summed E-state index contributed by atoms with van der Waals surface area (Å²) in [6.07, 6.45) is 0. The molecule has 0 N–H and O–H groups in total. The van der Waals surface area contributed by atoms with Crippen molar-refractivity contribution in [2.75, 3.05) is 7.11 Å². The van der Waals surface area contributed by atoms with E-state index in [1.165, 1.54) is 0 Å². The lowest BCUT2D eigenvalue weighted by atomic mass is 10.2. The molecule has 1 nitrogen and oxygen atoms in total. The summed E-state index contributed by atoms with van der Waals surface area (Å²) in [5, 5.41) is 4.24. The number of halogens is 2. The average molecular weight is 233 g/mol. The molecule has 0 aliphatic rings. The number of thiophene rings is 1. The van der Waals surface area contributed by atoms with Gasteiger partial charge in [-0.2, -0.15) is 0 Å². The molecule has 2 rings (SSSR count). The van der Waals surface area contributed by atoms with Gasteiger partial charge >= 0.3 is 0 Å². The molecule has 0 aliphatic carbocycles. The fourth-order valence-corrected chi connectivity index (χ4v) is 2.66. The Morgan fingerprint density at radius 2 is 2.00 bits per heavy atom. The molecular formula is C9H6Cl2OS. The largest absolute Gasteiger partial charge is 0.497 e. The Morgan fingerprint density at radius 3 is 2.69 bits per heavy atom. The lowest BCUT2D eigenvalue weighted by molar-refractivity contribution is 0.415. The number of methoxy groups -OCH3 is 1. The lowest BCUT2D eigenvalue weighted by Crippen LogP contribution is -1.81. The minimum Gasteiger partial charge on any atom is -0.497 e. The number of ether oxygens (including phenoxy) is 1. The van der Waals surface area contributed by atoms with E-state index >= 15 is 0 Å². The number of hydrogen-bond acceptors (Lipinski definition) is 2. The summed E-state index contributed by atoms with van der Waals surface area (Å²) < 4.78 is 6.10. The second-order valence-corrected chi connectivity index (χ2v) is 4.26. The minimum absolute atomic E-state index is 0.686. The van der Waals surface area contributed by atoms with Gasteiger partial charge < -0.3 is 4.74 Å². The summed E-state index contributed by atoms with van der Waals surface area (Å²) in [5.41, 5.74) is 0. The van der Waals surface area contributed by atoms with E-state index in [0.717, 1.165) is 20.9 Å². The Kier molecular flexibility index (Phi) is 2.37. The number of rotatable bonds is 1. The molecule has 1 aromatic heterocycles. The smallest absolute Gasteiger partial charge is 0.121 e. The maximum atomic E-state index is 6.03. The van der Waals surface area contributed by atoms with Gasteiger partial charge in [0.25, 0.3) is 0 Å². The van der Waals surface area contributed by atoms with E-state index in [9.17, 15) is 0 Å². The molecule has 0 unspecified atom stereocenters. The molecule has 0 amide bonds. The van der Waals surface area contributed by atoms with Crippen molar-refractivity contribution in [3.8, 4) is 5.75 Å². The Labute approximate surface area is 89.8 Å². The van der Waals surface area contributed by atoms with Gasteiger partial charge in [0.1, 0.15) is 5.75 Å². The number of benzene rings is 1. The highest BCUT2D eigenvalue weighted by atomic mass is 35.5. The summed E-state index contributed by atoms with van der Waals surface area (Å²) in [6.45, 7) is 0. The van der Waals surface area contributed by atoms with Gasteiger partial charge in [-0.15, -0.1) is 11.3 Å². The van der Waals surface area contributed by atoms with Crippen LogP contribution < -0.4 is 4.74 Å². The molecule has 4 heteroatoms. The highest BCUT2D eigenvalue weighted by molar-refractivity contribution is 7.18. The molecule has 0 fully saturated rings. The van der Waals surface area contributed by atoms with Gasteiger partial charge in [0.05, 0.1) is 21.9 Å². The summed E-state index contributed by atoms with van der Waals surface area (Å²) in [4.78, 5) is 0. The molecule has 0 saturated heterocycles. The van der Waals surface area contributed by atoms with Gasteiger partial charge in [0, 0.05) is 16.8 Å². The third-order valence-electron chi connectivity index (χ3n) is 1.79. The zero-order valence-electron chi connectivity index (χ0n) is 6.80. The second kappa shape index (κ2) is 3.37. The fraction of sp³-hybridized carbons (Fsp3) is 0.111. The molecule has 0 spiro atoms. The van der Waals surface area contributed by atoms with Gasteiger partial charge in [-0.25, -0.2) is 0 Å². The monoisotopic (exact) mass is 232 g/mol. The van der Waals surface area contributed by atoms with E-state index in [0.29, 0.717) is 5.02 Å². The van der Waals surface area contributed by atoms with Crippen LogP contribution in [0.1, 0.15) is 0 Å². The van der Waals surface area contributed by atoms with Crippen molar-refractivity contribution < 1.29 is 4.74 Å². The maximum absolute atomic E-state index is 6.03. The SMILES string of the molecule is COc1cc(Cl)c2scc(Cl)c2c1. The molecular weight excluding hydrogens is 227 g/mol. The van der Waals surface area contributed by atoms with Gasteiger partial charge in [0.15, 0.2) is 0 Å². The van der Waals surface area contributed by atoms with E-state index < -0.39 is 0 Å². The molecule has 0 radical (unpaired) electrons. The van der Waals surface area contributed by atoms with E-state index in [4.69, 9.17) is 27.9 Å². The van der Waals surface area contributed by atoms with Crippen LogP contribution in [-0.4, -0.2) is 7.11 Å². The predicted molar refractivity (Wildman–Crippen MR) is 58.4 cm³/mol. The van der Waals surface area contributed by atoms with E-state index in [2.05, 4.69) is 0 Å². The van der Waals surface area contributed by atoms with Crippen molar-refractivity contribution in [3.63, 3.8) is 0 Å². The summed E-state index contributed by atoms with van der Waals surface area (Å²) >= 11 is 13.5. The minimum atomic E-state index is 0.686. The van der Waals surface area contributed by atoms with E-state index in [-0.39, 0.29) is 0 Å². The van der Waals surface area contributed by atoms with Crippen LogP contribution in [0, 0.1) is 0 Å². The van der Waals surface area contributed by atoms with Gasteiger partial charge in [-0.1, -0.05) is 23.2 Å². The van der Waals surface area contributed by atoms with Crippen LogP contribution in [0.3, 0.4) is 0 Å². The van der Waals surface area contributed by atoms with Crippen LogP contribution in [0.5, 0.6) is 5.75 Å². The third kappa shape index (κ3) is 1.50. The van der Waals surface area contributed by atoms with Crippen molar-refractivity contribution in [3.05, 3.63) is 27.6 Å². The first-order chi connectivity index (χ1) is 6.22. The highest BCUT2D eigenvalue weighted by Gasteiger charge is 2.07. The van der Waals surface area contributed by atoms with Crippen molar-refractivity contribution in [2.45, 2.75) is 0 Å². The van der Waals surface area contributed by atoms with Crippen LogP contribution in [0.25, 0.3) is 10.1 Å². The first-order valence-corrected chi connectivity index (χ1v) is 5.26. The Bertz CT molecular complexity index is 450. The van der Waals surface area contributed by atoms with E-state index in [1.54, 1.807) is 24.5 Å². The fourth-order valence-electron chi connectivity index (χ4n) is 1.16. The molecule has 1 aromatic carbocycles. The van der Waals surface area contributed by atoms with Crippen LogP contribution in [-0.2, 0) is 0 Å². The van der Waals surface area contributed by atoms with Crippen LogP contribution in [0.2, 0.25) is 10.0 Å². The number of hydrogen-bond donors (Lipinski definition) is 0. The Morgan fingerprint density at radius 1 is 1.23 bits per heavy atom. The van der Waals surface area contributed by atoms with Crippen molar-refractivity contribution >= 4 is 44.6 Å². The van der Waals surface area contributed by atoms with Crippen molar-refractivity contribution in [2.24, 2.45) is 0 Å². The molecule has 13 heavy (non-hydrogen) atoms. The Balaban J connectivity index is 2.80. The van der Waals surface area contributed by atoms with Gasteiger partial charge in [-0.05, 0) is 6.07 Å². The maximum Gasteiger partial charge on any atom is 0.121 e. The van der Waals surface area contributed by atoms with Crippen molar-refractivity contribution in [1.82, 2.24) is 0 Å².